The third kappa shape index (κ3) is 10.2. The predicted octanol–water partition coefficient (Wildman–Crippen LogP) is 4.25. The second kappa shape index (κ2) is 9.07. The lowest BCUT2D eigenvalue weighted by Gasteiger charge is -2.20. The average Bonchev–Trinajstić information content (AvgIpc) is 2.24. The fraction of sp³-hybridized carbons (Fsp3) is 0.714. The van der Waals surface area contributed by atoms with Gasteiger partial charge in [-0.05, 0) is 52.9 Å². The molecule has 21 heavy (non-hydrogen) atoms. The highest BCUT2D eigenvalue weighted by atomic mass is 31.2. The van der Waals surface area contributed by atoms with Gasteiger partial charge >= 0.3 is 7.60 Å². The summed E-state index contributed by atoms with van der Waals surface area (Å²) < 4.78 is 22.8. The van der Waals surface area contributed by atoms with E-state index < -0.39 is 20.4 Å². The van der Waals surface area contributed by atoms with E-state index in [-0.39, 0.29) is 6.42 Å². The van der Waals surface area contributed by atoms with Gasteiger partial charge in [-0.25, -0.2) is 0 Å². The molecular weight excluding hydrogens is 310 g/mol. The zero-order chi connectivity index (χ0) is 16.7. The Bertz CT molecular complexity index is 444. The number of allylic oxidation sites excluding steroid dienone is 4. The fourth-order valence-corrected chi connectivity index (χ4v) is 5.44. The van der Waals surface area contributed by atoms with E-state index in [2.05, 4.69) is 19.9 Å². The van der Waals surface area contributed by atoms with Crippen LogP contribution in [0.1, 0.15) is 52.9 Å². The van der Waals surface area contributed by atoms with Gasteiger partial charge in [-0.2, -0.15) is 0 Å². The van der Waals surface area contributed by atoms with Crippen LogP contribution in [-0.4, -0.2) is 26.7 Å². The Hall–Kier alpha value is -0.180. The lowest BCUT2D eigenvalue weighted by atomic mass is 10.1. The average molecular weight is 338 g/mol. The number of unbranched alkanes of at least 4 members (excludes halogenated alkanes) is 1. The Labute approximate surface area is 127 Å². The molecule has 0 heterocycles. The normalized spacial score (nSPS) is 17.2. The van der Waals surface area contributed by atoms with E-state index in [1.165, 1.54) is 11.1 Å². The minimum atomic E-state index is -4.53. The Morgan fingerprint density at radius 2 is 1.62 bits per heavy atom. The third-order valence-electron chi connectivity index (χ3n) is 3.19. The Morgan fingerprint density at radius 3 is 2.05 bits per heavy atom. The first-order chi connectivity index (χ1) is 9.44. The molecule has 0 rings (SSSR count). The molecule has 0 aliphatic heterocycles. The molecule has 0 aromatic rings. The van der Waals surface area contributed by atoms with Crippen LogP contribution in [0.25, 0.3) is 0 Å². The van der Waals surface area contributed by atoms with Gasteiger partial charge in [0.05, 0.1) is 0 Å². The first-order valence-electron chi connectivity index (χ1n) is 7.08. The van der Waals surface area contributed by atoms with Crippen LogP contribution in [0.4, 0.5) is 0 Å². The molecule has 5 nitrogen and oxygen atoms in total. The molecule has 2 atom stereocenters. The van der Waals surface area contributed by atoms with Crippen molar-refractivity contribution in [3.8, 4) is 0 Å². The monoisotopic (exact) mass is 338 g/mol. The quantitative estimate of drug-likeness (QED) is 0.332. The van der Waals surface area contributed by atoms with Gasteiger partial charge in [-0.3, -0.25) is 9.13 Å². The molecule has 3 N–H and O–H groups in total. The molecule has 0 aromatic carbocycles. The summed E-state index contributed by atoms with van der Waals surface area (Å²) >= 11 is 0. The van der Waals surface area contributed by atoms with E-state index in [4.69, 9.17) is 9.79 Å². The van der Waals surface area contributed by atoms with Crippen LogP contribution in [-0.2, 0) is 9.13 Å². The van der Waals surface area contributed by atoms with Crippen molar-refractivity contribution in [3.63, 3.8) is 0 Å². The maximum Gasteiger partial charge on any atom is 0.338 e. The van der Waals surface area contributed by atoms with Crippen LogP contribution in [0.5, 0.6) is 0 Å². The lowest BCUT2D eigenvalue weighted by Crippen LogP contribution is -2.08. The number of hydrogen-bond acceptors (Lipinski definition) is 2. The van der Waals surface area contributed by atoms with Crippen molar-refractivity contribution >= 4 is 15.0 Å². The zero-order valence-electron chi connectivity index (χ0n) is 13.3. The smallest absolute Gasteiger partial charge is 0.338 e. The van der Waals surface area contributed by atoms with Crippen molar-refractivity contribution in [2.75, 3.05) is 6.66 Å². The van der Waals surface area contributed by atoms with Crippen LogP contribution in [0.2, 0.25) is 0 Å². The molecule has 0 aromatic heterocycles. The summed E-state index contributed by atoms with van der Waals surface area (Å²) in [7, 11) is -8.31. The minimum Gasteiger partial charge on any atom is -0.344 e. The van der Waals surface area contributed by atoms with Crippen molar-refractivity contribution in [3.05, 3.63) is 23.3 Å². The largest absolute Gasteiger partial charge is 0.344 e. The standard InChI is InChI=1S/C14H28O5P2/c1-12(2)8-7-10-13(3)9-5-6-11-14(20(4,15)16)21(17,18)19/h8-9,14H,5-7,10-11H2,1-4H3,(H,15,16)(H2,17,18,19)/b13-9+. The van der Waals surface area contributed by atoms with Gasteiger partial charge in [0.25, 0.3) is 0 Å². The maximum absolute atomic E-state index is 11.5. The van der Waals surface area contributed by atoms with E-state index in [1.54, 1.807) is 0 Å². The van der Waals surface area contributed by atoms with E-state index >= 15 is 0 Å². The van der Waals surface area contributed by atoms with Crippen molar-refractivity contribution in [1.29, 1.82) is 0 Å². The maximum atomic E-state index is 11.5. The Morgan fingerprint density at radius 1 is 1.05 bits per heavy atom. The van der Waals surface area contributed by atoms with Crippen molar-refractivity contribution in [1.82, 2.24) is 0 Å². The van der Waals surface area contributed by atoms with Crippen LogP contribution < -0.4 is 0 Å². The molecular formula is C14H28O5P2. The van der Waals surface area contributed by atoms with Crippen molar-refractivity contribution in [2.45, 2.75) is 58.3 Å². The van der Waals surface area contributed by atoms with Gasteiger partial charge in [-0.15, -0.1) is 0 Å². The second-order valence-electron chi connectivity index (χ2n) is 5.81. The molecule has 0 saturated heterocycles. The van der Waals surface area contributed by atoms with Crippen LogP contribution in [0.15, 0.2) is 23.3 Å². The molecule has 2 unspecified atom stereocenters. The summed E-state index contributed by atoms with van der Waals surface area (Å²) in [6, 6.07) is 0. The van der Waals surface area contributed by atoms with E-state index in [0.717, 1.165) is 19.5 Å². The summed E-state index contributed by atoms with van der Waals surface area (Å²) in [5.74, 6) is 0. The van der Waals surface area contributed by atoms with Gasteiger partial charge in [0.2, 0.25) is 7.37 Å². The van der Waals surface area contributed by atoms with Gasteiger partial charge in [0, 0.05) is 6.66 Å². The first kappa shape index (κ1) is 20.8. The van der Waals surface area contributed by atoms with E-state index in [9.17, 15) is 14.0 Å². The lowest BCUT2D eigenvalue weighted by molar-refractivity contribution is 0.360. The zero-order valence-corrected chi connectivity index (χ0v) is 15.1. The molecule has 0 amide bonds. The summed E-state index contributed by atoms with van der Waals surface area (Å²) in [5, 5.41) is -1.44. The Balaban J connectivity index is 4.32. The molecule has 7 heteroatoms. The highest BCUT2D eigenvalue weighted by Crippen LogP contribution is 2.61. The molecule has 0 bridgehead atoms. The van der Waals surface area contributed by atoms with Gasteiger partial charge in [0.15, 0.2) is 0 Å². The summed E-state index contributed by atoms with van der Waals surface area (Å²) in [5.41, 5.74) is 2.51. The minimum absolute atomic E-state index is 0.0618. The van der Waals surface area contributed by atoms with Crippen LogP contribution in [0.3, 0.4) is 0 Å². The van der Waals surface area contributed by atoms with E-state index in [0.29, 0.717) is 12.8 Å². The van der Waals surface area contributed by atoms with E-state index in [1.807, 2.05) is 13.0 Å². The first-order valence-corrected chi connectivity index (χ1v) is 10.9. The highest BCUT2D eigenvalue weighted by molar-refractivity contribution is 7.73. The Kier molecular flexibility index (Phi) is 8.99. The topological polar surface area (TPSA) is 94.8 Å². The molecule has 0 aliphatic carbocycles. The van der Waals surface area contributed by atoms with Gasteiger partial charge in [0.1, 0.15) is 5.40 Å². The summed E-state index contributed by atoms with van der Waals surface area (Å²) in [6.45, 7) is 7.14. The summed E-state index contributed by atoms with van der Waals surface area (Å²) in [4.78, 5) is 27.7. The van der Waals surface area contributed by atoms with Crippen molar-refractivity contribution in [2.24, 2.45) is 0 Å². The fourth-order valence-electron chi connectivity index (χ4n) is 2.03. The molecule has 0 fully saturated rings. The third-order valence-corrected chi connectivity index (χ3v) is 7.78. The van der Waals surface area contributed by atoms with Crippen LogP contribution >= 0.6 is 15.0 Å². The van der Waals surface area contributed by atoms with Crippen LogP contribution in [0, 0.1) is 0 Å². The van der Waals surface area contributed by atoms with Crippen molar-refractivity contribution < 1.29 is 23.8 Å². The molecule has 0 radical (unpaired) electrons. The van der Waals surface area contributed by atoms with Gasteiger partial charge in [-0.1, -0.05) is 23.3 Å². The molecule has 0 spiro atoms. The molecule has 0 saturated carbocycles. The second-order valence-corrected chi connectivity index (χ2v) is 10.5. The predicted molar refractivity (Wildman–Crippen MR) is 87.9 cm³/mol. The molecule has 0 aliphatic rings. The number of rotatable bonds is 9. The highest BCUT2D eigenvalue weighted by Gasteiger charge is 2.39. The number of hydrogen-bond donors (Lipinski definition) is 3. The molecule has 124 valence electrons. The SMILES string of the molecule is CC(C)=CCC/C(C)=C/CCCC(P(C)(=O)O)P(=O)(O)O. The van der Waals surface area contributed by atoms with Gasteiger partial charge < -0.3 is 14.7 Å². The summed E-state index contributed by atoms with van der Waals surface area (Å²) in [6.07, 6.45) is 7.36.